The lowest BCUT2D eigenvalue weighted by molar-refractivity contribution is 0.544. The fourth-order valence-electron chi connectivity index (χ4n) is 2.28. The molecule has 0 bridgehead atoms. The van der Waals surface area contributed by atoms with Crippen LogP contribution in [0.4, 0.5) is 4.39 Å². The summed E-state index contributed by atoms with van der Waals surface area (Å²) in [6.07, 6.45) is 10.2. The molecule has 1 N–H and O–H groups in total. The van der Waals surface area contributed by atoms with Crippen LogP contribution in [0.1, 0.15) is 25.3 Å². The maximum Gasteiger partial charge on any atom is 0.123 e. The molecule has 1 nitrogen and oxygen atoms in total. The Kier molecular flexibility index (Phi) is 5.34. The third kappa shape index (κ3) is 4.99. The van der Waals surface area contributed by atoms with Gasteiger partial charge in [0.15, 0.2) is 0 Å². The van der Waals surface area contributed by atoms with Crippen LogP contribution in [0.15, 0.2) is 48.1 Å². The molecular formula is C17H22FN. The fourth-order valence-corrected chi connectivity index (χ4v) is 2.28. The molecule has 0 aliphatic heterocycles. The molecule has 1 unspecified atom stereocenters. The molecule has 0 saturated heterocycles. The van der Waals surface area contributed by atoms with Crippen molar-refractivity contribution in [3.05, 3.63) is 59.4 Å². The van der Waals surface area contributed by atoms with Crippen LogP contribution in [0.3, 0.4) is 0 Å². The Balaban J connectivity index is 1.58. The highest BCUT2D eigenvalue weighted by molar-refractivity contribution is 5.21. The Morgan fingerprint density at radius 3 is 2.68 bits per heavy atom. The minimum atomic E-state index is -0.163. The lowest BCUT2D eigenvalue weighted by atomic mass is 9.94. The number of nitrogens with one attached hydrogen (secondary N) is 1. The summed E-state index contributed by atoms with van der Waals surface area (Å²) in [7, 11) is 0. The molecule has 19 heavy (non-hydrogen) atoms. The second-order valence-electron chi connectivity index (χ2n) is 5.22. The first-order chi connectivity index (χ1) is 9.24. The van der Waals surface area contributed by atoms with Crippen LogP contribution >= 0.6 is 0 Å². The monoisotopic (exact) mass is 259 g/mol. The maximum absolute atomic E-state index is 12.7. The van der Waals surface area contributed by atoms with E-state index in [0.717, 1.165) is 19.5 Å². The standard InChI is InChI=1S/C17H22FN/c1-14-2-4-15(5-3-14)10-12-19-13-11-16-6-8-17(18)9-7-16/h2-4,6-9,15,19H,5,10-13H2,1H3. The molecule has 0 amide bonds. The summed E-state index contributed by atoms with van der Waals surface area (Å²) in [5, 5.41) is 3.46. The van der Waals surface area contributed by atoms with Gasteiger partial charge in [-0.05, 0) is 62.9 Å². The van der Waals surface area contributed by atoms with Gasteiger partial charge in [0.05, 0.1) is 0 Å². The van der Waals surface area contributed by atoms with Crippen molar-refractivity contribution in [1.82, 2.24) is 5.32 Å². The van der Waals surface area contributed by atoms with Gasteiger partial charge in [0, 0.05) is 0 Å². The molecule has 1 aromatic carbocycles. The van der Waals surface area contributed by atoms with E-state index in [4.69, 9.17) is 0 Å². The first-order valence-corrected chi connectivity index (χ1v) is 7.04. The minimum Gasteiger partial charge on any atom is -0.316 e. The number of hydrogen-bond acceptors (Lipinski definition) is 1. The van der Waals surface area contributed by atoms with Crippen molar-refractivity contribution in [3.8, 4) is 0 Å². The van der Waals surface area contributed by atoms with Crippen molar-refractivity contribution in [1.29, 1.82) is 0 Å². The second-order valence-corrected chi connectivity index (χ2v) is 5.22. The normalized spacial score (nSPS) is 18.4. The van der Waals surface area contributed by atoms with Crippen LogP contribution in [-0.4, -0.2) is 13.1 Å². The zero-order valence-corrected chi connectivity index (χ0v) is 11.5. The van der Waals surface area contributed by atoms with Gasteiger partial charge in [0.2, 0.25) is 0 Å². The quantitative estimate of drug-likeness (QED) is 0.765. The van der Waals surface area contributed by atoms with Crippen LogP contribution < -0.4 is 5.32 Å². The number of hydrogen-bond donors (Lipinski definition) is 1. The van der Waals surface area contributed by atoms with E-state index >= 15 is 0 Å². The highest BCUT2D eigenvalue weighted by Gasteiger charge is 2.06. The summed E-state index contributed by atoms with van der Waals surface area (Å²) in [5.74, 6) is 0.520. The predicted molar refractivity (Wildman–Crippen MR) is 78.6 cm³/mol. The van der Waals surface area contributed by atoms with E-state index in [9.17, 15) is 4.39 Å². The average molecular weight is 259 g/mol. The van der Waals surface area contributed by atoms with Crippen LogP contribution in [0.2, 0.25) is 0 Å². The van der Waals surface area contributed by atoms with Crippen molar-refractivity contribution in [2.75, 3.05) is 13.1 Å². The van der Waals surface area contributed by atoms with Gasteiger partial charge in [-0.1, -0.05) is 35.9 Å². The van der Waals surface area contributed by atoms with E-state index in [2.05, 4.69) is 30.5 Å². The molecule has 0 heterocycles. The number of halogens is 1. The maximum atomic E-state index is 12.7. The van der Waals surface area contributed by atoms with E-state index in [1.807, 2.05) is 12.1 Å². The molecule has 1 aliphatic carbocycles. The summed E-state index contributed by atoms with van der Waals surface area (Å²) in [6, 6.07) is 6.76. The summed E-state index contributed by atoms with van der Waals surface area (Å²) >= 11 is 0. The van der Waals surface area contributed by atoms with E-state index in [1.165, 1.54) is 36.1 Å². The van der Waals surface area contributed by atoms with Crippen molar-refractivity contribution >= 4 is 0 Å². The van der Waals surface area contributed by atoms with Gasteiger partial charge in [0.1, 0.15) is 5.82 Å². The van der Waals surface area contributed by atoms with Crippen LogP contribution in [0, 0.1) is 11.7 Å². The molecule has 0 radical (unpaired) electrons. The molecule has 0 fully saturated rings. The Morgan fingerprint density at radius 1 is 1.21 bits per heavy atom. The zero-order chi connectivity index (χ0) is 13.5. The second kappa shape index (κ2) is 7.25. The summed E-state index contributed by atoms with van der Waals surface area (Å²) in [5.41, 5.74) is 2.56. The largest absolute Gasteiger partial charge is 0.316 e. The third-order valence-corrected chi connectivity index (χ3v) is 3.57. The molecule has 0 spiro atoms. The van der Waals surface area contributed by atoms with Gasteiger partial charge in [-0.3, -0.25) is 0 Å². The van der Waals surface area contributed by atoms with Gasteiger partial charge >= 0.3 is 0 Å². The lowest BCUT2D eigenvalue weighted by Crippen LogP contribution is -2.20. The molecule has 2 rings (SSSR count). The van der Waals surface area contributed by atoms with Crippen molar-refractivity contribution < 1.29 is 4.39 Å². The Bertz CT molecular complexity index is 445. The van der Waals surface area contributed by atoms with Gasteiger partial charge in [0.25, 0.3) is 0 Å². The molecular weight excluding hydrogens is 237 g/mol. The van der Waals surface area contributed by atoms with Crippen LogP contribution in [0.25, 0.3) is 0 Å². The highest BCUT2D eigenvalue weighted by Crippen LogP contribution is 2.18. The summed E-state index contributed by atoms with van der Waals surface area (Å²) < 4.78 is 12.7. The van der Waals surface area contributed by atoms with E-state index in [-0.39, 0.29) is 5.82 Å². The number of rotatable bonds is 6. The SMILES string of the molecule is CC1=CCC(CCNCCc2ccc(F)cc2)C=C1. The van der Waals surface area contributed by atoms with Crippen molar-refractivity contribution in [2.45, 2.75) is 26.2 Å². The smallest absolute Gasteiger partial charge is 0.123 e. The van der Waals surface area contributed by atoms with Crippen molar-refractivity contribution in [2.24, 2.45) is 5.92 Å². The molecule has 102 valence electrons. The Hall–Kier alpha value is -1.41. The summed E-state index contributed by atoms with van der Waals surface area (Å²) in [6.45, 7) is 4.15. The third-order valence-electron chi connectivity index (χ3n) is 3.57. The van der Waals surface area contributed by atoms with Gasteiger partial charge in [-0.25, -0.2) is 4.39 Å². The highest BCUT2D eigenvalue weighted by atomic mass is 19.1. The van der Waals surface area contributed by atoms with E-state index in [0.29, 0.717) is 5.92 Å². The lowest BCUT2D eigenvalue weighted by Gasteiger charge is -2.15. The predicted octanol–water partition coefficient (Wildman–Crippen LogP) is 3.87. The molecule has 0 aromatic heterocycles. The number of allylic oxidation sites excluding steroid dienone is 4. The number of benzene rings is 1. The average Bonchev–Trinajstić information content (AvgIpc) is 2.43. The molecule has 1 atom stereocenters. The topological polar surface area (TPSA) is 12.0 Å². The van der Waals surface area contributed by atoms with Crippen molar-refractivity contribution in [3.63, 3.8) is 0 Å². The molecule has 1 aliphatic rings. The summed E-state index contributed by atoms with van der Waals surface area (Å²) in [4.78, 5) is 0. The minimum absolute atomic E-state index is 0.163. The first-order valence-electron chi connectivity index (χ1n) is 7.04. The van der Waals surface area contributed by atoms with Gasteiger partial charge < -0.3 is 5.32 Å². The fraction of sp³-hybridized carbons (Fsp3) is 0.412. The van der Waals surface area contributed by atoms with E-state index < -0.39 is 0 Å². The Labute approximate surface area is 115 Å². The molecule has 1 aromatic rings. The first kappa shape index (κ1) is 14.0. The Morgan fingerprint density at radius 2 is 2.00 bits per heavy atom. The zero-order valence-electron chi connectivity index (χ0n) is 11.5. The van der Waals surface area contributed by atoms with Gasteiger partial charge in [-0.15, -0.1) is 0 Å². The molecule has 0 saturated carbocycles. The van der Waals surface area contributed by atoms with Crippen LogP contribution in [0.5, 0.6) is 0 Å². The van der Waals surface area contributed by atoms with Gasteiger partial charge in [-0.2, -0.15) is 0 Å². The van der Waals surface area contributed by atoms with E-state index in [1.54, 1.807) is 0 Å². The molecule has 2 heteroatoms. The van der Waals surface area contributed by atoms with Crippen LogP contribution in [-0.2, 0) is 6.42 Å².